The molecule has 0 N–H and O–H groups in total. The van der Waals surface area contributed by atoms with E-state index in [0.717, 1.165) is 23.8 Å². The Hall–Kier alpha value is -2.70. The largest absolute Gasteiger partial charge is 0.493 e. The molecule has 1 aromatic rings. The molecule has 1 aliphatic heterocycles. The van der Waals surface area contributed by atoms with Crippen LogP contribution in [0.4, 0.5) is 10.1 Å². The highest BCUT2D eigenvalue weighted by Crippen LogP contribution is 2.40. The van der Waals surface area contributed by atoms with Crippen LogP contribution < -0.4 is 14.4 Å². The Bertz CT molecular complexity index is 755. The lowest BCUT2D eigenvalue weighted by atomic mass is 9.93. The molecule has 0 bridgehead atoms. The van der Waals surface area contributed by atoms with Gasteiger partial charge in [0.05, 0.1) is 12.8 Å². The van der Waals surface area contributed by atoms with Crippen molar-refractivity contribution in [2.75, 3.05) is 12.0 Å². The van der Waals surface area contributed by atoms with Gasteiger partial charge in [0.15, 0.2) is 17.3 Å². The molecule has 0 atom stereocenters. The van der Waals surface area contributed by atoms with Crippen LogP contribution in [-0.4, -0.2) is 24.9 Å². The molecule has 1 heterocycles. The number of nitrogens with zero attached hydrogens (tertiary/aromatic N) is 1. The molecule has 1 aromatic carbocycles. The summed E-state index contributed by atoms with van der Waals surface area (Å²) < 4.78 is 24.4. The van der Waals surface area contributed by atoms with E-state index in [-0.39, 0.29) is 17.2 Å². The molecular weight excluding hydrogens is 317 g/mol. The molecule has 2 amide bonds. The summed E-state index contributed by atoms with van der Waals surface area (Å²) in [5, 5.41) is 0. The van der Waals surface area contributed by atoms with Gasteiger partial charge >= 0.3 is 5.97 Å². The van der Waals surface area contributed by atoms with Crippen LogP contribution in [0.1, 0.15) is 32.6 Å². The third-order valence-electron chi connectivity index (χ3n) is 4.12. The molecule has 3 rings (SSSR count). The third kappa shape index (κ3) is 2.55. The standard InChI is InChI=1S/C17H16FNO5/c1-9(20)24-15-7-12(18)13(8-14(15)23-2)19-16(21)10-5-3-4-6-11(10)17(19)22/h7-8H,3-6H2,1-2H3. The molecule has 126 valence electrons. The van der Waals surface area contributed by atoms with Gasteiger partial charge in [-0.25, -0.2) is 9.29 Å². The van der Waals surface area contributed by atoms with E-state index in [1.807, 2.05) is 0 Å². The summed E-state index contributed by atoms with van der Waals surface area (Å²) in [4.78, 5) is 37.0. The van der Waals surface area contributed by atoms with E-state index in [1.165, 1.54) is 20.1 Å². The Kier molecular flexibility index (Phi) is 4.09. The first-order valence-electron chi connectivity index (χ1n) is 7.60. The molecule has 6 nitrogen and oxygen atoms in total. The predicted octanol–water partition coefficient (Wildman–Crippen LogP) is 2.50. The topological polar surface area (TPSA) is 72.9 Å². The SMILES string of the molecule is COc1cc(N2C(=O)C3=C(CCCC3)C2=O)c(F)cc1OC(C)=O. The predicted molar refractivity (Wildman–Crippen MR) is 82.2 cm³/mol. The number of hydrogen-bond donors (Lipinski definition) is 0. The van der Waals surface area contributed by atoms with E-state index < -0.39 is 23.6 Å². The van der Waals surface area contributed by atoms with Crippen LogP contribution in [0, 0.1) is 5.82 Å². The highest BCUT2D eigenvalue weighted by Gasteiger charge is 2.41. The minimum Gasteiger partial charge on any atom is -0.493 e. The maximum Gasteiger partial charge on any atom is 0.308 e. The highest BCUT2D eigenvalue weighted by atomic mass is 19.1. The summed E-state index contributed by atoms with van der Waals surface area (Å²) in [7, 11) is 1.32. The average molecular weight is 333 g/mol. The summed E-state index contributed by atoms with van der Waals surface area (Å²) in [5.41, 5.74) is 0.731. The van der Waals surface area contributed by atoms with Gasteiger partial charge in [0.25, 0.3) is 11.8 Å². The fourth-order valence-electron chi connectivity index (χ4n) is 3.05. The van der Waals surface area contributed by atoms with Gasteiger partial charge in [-0.3, -0.25) is 14.4 Å². The number of methoxy groups -OCH3 is 1. The van der Waals surface area contributed by atoms with Crippen molar-refractivity contribution in [2.24, 2.45) is 0 Å². The zero-order chi connectivity index (χ0) is 17.4. The van der Waals surface area contributed by atoms with Crippen molar-refractivity contribution < 1.29 is 28.2 Å². The van der Waals surface area contributed by atoms with Crippen molar-refractivity contribution in [1.82, 2.24) is 0 Å². The zero-order valence-corrected chi connectivity index (χ0v) is 13.3. The number of anilines is 1. The van der Waals surface area contributed by atoms with E-state index in [2.05, 4.69) is 0 Å². The van der Waals surface area contributed by atoms with E-state index in [1.54, 1.807) is 0 Å². The molecule has 0 fully saturated rings. The second kappa shape index (κ2) is 6.07. The summed E-state index contributed by atoms with van der Waals surface area (Å²) >= 11 is 0. The normalized spacial score (nSPS) is 17.2. The number of rotatable bonds is 3. The smallest absolute Gasteiger partial charge is 0.308 e. The summed E-state index contributed by atoms with van der Waals surface area (Å²) in [6.07, 6.45) is 2.73. The molecule has 7 heteroatoms. The van der Waals surface area contributed by atoms with Crippen LogP contribution in [0.3, 0.4) is 0 Å². The van der Waals surface area contributed by atoms with Gasteiger partial charge < -0.3 is 9.47 Å². The fourth-order valence-corrected chi connectivity index (χ4v) is 3.05. The Morgan fingerprint density at radius 1 is 1.08 bits per heavy atom. The molecule has 0 radical (unpaired) electrons. The van der Waals surface area contributed by atoms with Crippen LogP contribution in [0.15, 0.2) is 23.3 Å². The summed E-state index contributed by atoms with van der Waals surface area (Å²) in [6.45, 7) is 1.18. The van der Waals surface area contributed by atoms with E-state index in [0.29, 0.717) is 24.0 Å². The van der Waals surface area contributed by atoms with Crippen molar-refractivity contribution >= 4 is 23.5 Å². The molecule has 0 unspecified atom stereocenters. The van der Waals surface area contributed by atoms with Crippen LogP contribution in [0.2, 0.25) is 0 Å². The highest BCUT2D eigenvalue weighted by molar-refractivity contribution is 6.33. The first kappa shape index (κ1) is 16.2. The van der Waals surface area contributed by atoms with Crippen molar-refractivity contribution in [2.45, 2.75) is 32.6 Å². The second-order valence-corrected chi connectivity index (χ2v) is 5.66. The molecule has 2 aliphatic rings. The van der Waals surface area contributed by atoms with Gasteiger partial charge in [0.2, 0.25) is 0 Å². The number of imide groups is 1. The summed E-state index contributed by atoms with van der Waals surface area (Å²) in [6, 6.07) is 2.13. The van der Waals surface area contributed by atoms with Gasteiger partial charge in [-0.15, -0.1) is 0 Å². The fraction of sp³-hybridized carbons (Fsp3) is 0.353. The molecule has 24 heavy (non-hydrogen) atoms. The Balaban J connectivity index is 2.03. The Morgan fingerprint density at radius 2 is 1.67 bits per heavy atom. The first-order valence-corrected chi connectivity index (χ1v) is 7.60. The van der Waals surface area contributed by atoms with Crippen LogP contribution in [-0.2, 0) is 14.4 Å². The minimum absolute atomic E-state index is 0.0621. The van der Waals surface area contributed by atoms with Crippen LogP contribution in [0.5, 0.6) is 11.5 Å². The second-order valence-electron chi connectivity index (χ2n) is 5.66. The van der Waals surface area contributed by atoms with Crippen molar-refractivity contribution in [3.05, 3.63) is 29.1 Å². The average Bonchev–Trinajstić information content (AvgIpc) is 2.80. The minimum atomic E-state index is -0.839. The lowest BCUT2D eigenvalue weighted by molar-refractivity contribution is -0.132. The van der Waals surface area contributed by atoms with E-state index >= 15 is 0 Å². The number of hydrogen-bond acceptors (Lipinski definition) is 5. The summed E-state index contributed by atoms with van der Waals surface area (Å²) in [5.74, 6) is -2.50. The number of carbonyl (C=O) groups is 3. The van der Waals surface area contributed by atoms with Crippen molar-refractivity contribution in [3.8, 4) is 11.5 Å². The van der Waals surface area contributed by atoms with Gasteiger partial charge in [0.1, 0.15) is 0 Å². The van der Waals surface area contributed by atoms with E-state index in [4.69, 9.17) is 9.47 Å². The lowest BCUT2D eigenvalue weighted by Crippen LogP contribution is -2.32. The van der Waals surface area contributed by atoms with Gasteiger partial charge in [-0.05, 0) is 25.7 Å². The van der Waals surface area contributed by atoms with Crippen molar-refractivity contribution in [3.63, 3.8) is 0 Å². The van der Waals surface area contributed by atoms with Crippen molar-refractivity contribution in [1.29, 1.82) is 0 Å². The van der Waals surface area contributed by atoms with Crippen LogP contribution in [0.25, 0.3) is 0 Å². The number of ether oxygens (including phenoxy) is 2. The number of benzene rings is 1. The molecule has 0 saturated heterocycles. The van der Waals surface area contributed by atoms with Gasteiger partial charge in [-0.1, -0.05) is 0 Å². The maximum atomic E-state index is 14.5. The van der Waals surface area contributed by atoms with Crippen LogP contribution >= 0.6 is 0 Å². The number of amides is 2. The Morgan fingerprint density at radius 3 is 2.17 bits per heavy atom. The third-order valence-corrected chi connectivity index (χ3v) is 4.12. The number of carbonyl (C=O) groups excluding carboxylic acids is 3. The molecule has 0 spiro atoms. The monoisotopic (exact) mass is 333 g/mol. The maximum absolute atomic E-state index is 14.5. The van der Waals surface area contributed by atoms with Gasteiger partial charge in [-0.2, -0.15) is 0 Å². The first-order chi connectivity index (χ1) is 11.4. The van der Waals surface area contributed by atoms with Gasteiger partial charge in [0, 0.05) is 30.2 Å². The zero-order valence-electron chi connectivity index (χ0n) is 13.3. The number of esters is 1. The molecular formula is C17H16FNO5. The Labute approximate surface area is 137 Å². The van der Waals surface area contributed by atoms with E-state index in [9.17, 15) is 18.8 Å². The lowest BCUT2D eigenvalue weighted by Gasteiger charge is -2.18. The molecule has 0 saturated carbocycles. The quantitative estimate of drug-likeness (QED) is 0.483. The number of halogens is 1. The molecule has 1 aliphatic carbocycles. The molecule has 0 aromatic heterocycles.